The summed E-state index contributed by atoms with van der Waals surface area (Å²) in [6.45, 7) is 5.90. The van der Waals surface area contributed by atoms with Gasteiger partial charge in [0.15, 0.2) is 11.3 Å². The molecule has 3 atom stereocenters. The van der Waals surface area contributed by atoms with Gasteiger partial charge in [-0.15, -0.1) is 0 Å². The van der Waals surface area contributed by atoms with E-state index >= 15 is 0 Å². The van der Waals surface area contributed by atoms with Crippen molar-refractivity contribution in [1.82, 2.24) is 20.4 Å². The summed E-state index contributed by atoms with van der Waals surface area (Å²) in [5.74, 6) is 1.47. The Hall–Kier alpha value is -2.80. The third-order valence-electron chi connectivity index (χ3n) is 5.32. The number of aryl methyl sites for hydroxylation is 1. The number of nitrogens with zero attached hydrogens (tertiary/aromatic N) is 2. The third kappa shape index (κ3) is 3.49. The molecule has 1 aliphatic rings. The van der Waals surface area contributed by atoms with Crippen LogP contribution in [0.1, 0.15) is 37.1 Å². The van der Waals surface area contributed by atoms with Crippen molar-refractivity contribution in [3.8, 4) is 5.75 Å². The monoisotopic (exact) mass is 382 g/mol. The maximum atomic E-state index is 13.0. The molecule has 0 bridgehead atoms. The number of ether oxygens (including phenoxy) is 1. The lowest BCUT2D eigenvalue weighted by Gasteiger charge is -2.19. The maximum Gasteiger partial charge on any atom is 0.225 e. The molecule has 2 N–H and O–H groups in total. The van der Waals surface area contributed by atoms with E-state index in [1.165, 1.54) is 0 Å². The zero-order chi connectivity index (χ0) is 19.7. The lowest BCUT2D eigenvalue weighted by Crippen LogP contribution is -2.35. The van der Waals surface area contributed by atoms with Crippen molar-refractivity contribution < 1.29 is 13.9 Å². The van der Waals surface area contributed by atoms with E-state index in [4.69, 9.17) is 9.15 Å². The number of rotatable bonds is 6. The van der Waals surface area contributed by atoms with Crippen LogP contribution in [-0.2, 0) is 11.8 Å². The molecule has 2 aromatic heterocycles. The van der Waals surface area contributed by atoms with Gasteiger partial charge < -0.3 is 19.8 Å². The predicted octanol–water partition coefficient (Wildman–Crippen LogP) is 2.75. The van der Waals surface area contributed by atoms with Crippen LogP contribution >= 0.6 is 0 Å². The molecule has 1 aromatic carbocycles. The number of hydrogen-bond acceptors (Lipinski definition) is 5. The lowest BCUT2D eigenvalue weighted by atomic mass is 9.90. The average molecular weight is 382 g/mol. The highest BCUT2D eigenvalue weighted by atomic mass is 16.5. The van der Waals surface area contributed by atoms with Gasteiger partial charge in [0, 0.05) is 37.6 Å². The fourth-order valence-corrected chi connectivity index (χ4v) is 3.87. The van der Waals surface area contributed by atoms with Crippen LogP contribution < -0.4 is 15.4 Å². The quantitative estimate of drug-likeness (QED) is 0.685. The van der Waals surface area contributed by atoms with E-state index in [0.717, 1.165) is 34.6 Å². The standard InChI is InChI=1S/C21H26N4O3/c1-4-27-18-7-5-6-14-8-19(28-20(14)18)13(2)24-21(26)17-11-22-10-16(17)15-9-23-25(3)12-15/h5-9,12-13,16-17,22H,4,10-11H2,1-3H3,(H,24,26)/t13?,16-,17+/m1/s1. The van der Waals surface area contributed by atoms with Crippen LogP contribution in [-0.4, -0.2) is 35.4 Å². The zero-order valence-electron chi connectivity index (χ0n) is 16.4. The van der Waals surface area contributed by atoms with Crippen molar-refractivity contribution in [3.63, 3.8) is 0 Å². The van der Waals surface area contributed by atoms with Gasteiger partial charge in [-0.2, -0.15) is 5.10 Å². The number of hydrogen-bond donors (Lipinski definition) is 2. The third-order valence-corrected chi connectivity index (χ3v) is 5.32. The molecule has 0 spiro atoms. The smallest absolute Gasteiger partial charge is 0.225 e. The van der Waals surface area contributed by atoms with E-state index in [2.05, 4.69) is 15.7 Å². The number of amides is 1. The Morgan fingerprint density at radius 2 is 2.32 bits per heavy atom. The van der Waals surface area contributed by atoms with Gasteiger partial charge in [-0.05, 0) is 31.5 Å². The van der Waals surface area contributed by atoms with Crippen molar-refractivity contribution in [2.45, 2.75) is 25.8 Å². The summed E-state index contributed by atoms with van der Waals surface area (Å²) < 4.78 is 13.4. The second-order valence-electron chi connectivity index (χ2n) is 7.31. The van der Waals surface area contributed by atoms with E-state index in [-0.39, 0.29) is 23.8 Å². The molecule has 1 amide bonds. The van der Waals surface area contributed by atoms with Crippen LogP contribution in [0.25, 0.3) is 11.0 Å². The molecule has 3 aromatic rings. The Bertz CT molecular complexity index is 977. The maximum absolute atomic E-state index is 13.0. The molecule has 7 heteroatoms. The molecule has 0 aliphatic carbocycles. The fourth-order valence-electron chi connectivity index (χ4n) is 3.87. The molecule has 0 saturated carbocycles. The number of nitrogens with one attached hydrogen (secondary N) is 2. The summed E-state index contributed by atoms with van der Waals surface area (Å²) in [5, 5.41) is 11.7. The lowest BCUT2D eigenvalue weighted by molar-refractivity contribution is -0.125. The second-order valence-corrected chi connectivity index (χ2v) is 7.31. The minimum atomic E-state index is -0.232. The number of furan rings is 1. The van der Waals surface area contributed by atoms with E-state index in [9.17, 15) is 4.79 Å². The molecule has 1 aliphatic heterocycles. The Morgan fingerprint density at radius 1 is 1.46 bits per heavy atom. The molecule has 1 fully saturated rings. The highest BCUT2D eigenvalue weighted by Crippen LogP contribution is 2.32. The fraction of sp³-hybridized carbons (Fsp3) is 0.429. The highest BCUT2D eigenvalue weighted by Gasteiger charge is 2.35. The molecular weight excluding hydrogens is 356 g/mol. The number of carbonyl (C=O) groups is 1. The molecular formula is C21H26N4O3. The number of benzene rings is 1. The Balaban J connectivity index is 1.50. The van der Waals surface area contributed by atoms with Gasteiger partial charge in [-0.25, -0.2) is 0 Å². The summed E-state index contributed by atoms with van der Waals surface area (Å²) in [6.07, 6.45) is 3.83. The minimum absolute atomic E-state index is 0.0249. The van der Waals surface area contributed by atoms with Crippen LogP contribution in [0.4, 0.5) is 0 Å². The number of carbonyl (C=O) groups excluding carboxylic acids is 1. The summed E-state index contributed by atoms with van der Waals surface area (Å²) >= 11 is 0. The van der Waals surface area contributed by atoms with Gasteiger partial charge in [0.05, 0.1) is 24.8 Å². The van der Waals surface area contributed by atoms with Crippen molar-refractivity contribution in [1.29, 1.82) is 0 Å². The van der Waals surface area contributed by atoms with Crippen molar-refractivity contribution in [3.05, 3.63) is 48.0 Å². The first-order valence-electron chi connectivity index (χ1n) is 9.71. The van der Waals surface area contributed by atoms with Crippen LogP contribution in [0.15, 0.2) is 41.1 Å². The highest BCUT2D eigenvalue weighted by molar-refractivity contribution is 5.84. The first-order valence-corrected chi connectivity index (χ1v) is 9.71. The molecule has 3 heterocycles. The van der Waals surface area contributed by atoms with Crippen LogP contribution in [0.5, 0.6) is 5.75 Å². The van der Waals surface area contributed by atoms with Crippen molar-refractivity contribution in [2.24, 2.45) is 13.0 Å². The number of aromatic nitrogens is 2. The first kappa shape index (κ1) is 18.6. The zero-order valence-corrected chi connectivity index (χ0v) is 16.4. The average Bonchev–Trinajstić information content (AvgIpc) is 3.40. The van der Waals surface area contributed by atoms with Crippen LogP contribution in [0, 0.1) is 5.92 Å². The van der Waals surface area contributed by atoms with E-state index in [1.54, 1.807) is 4.68 Å². The number of fused-ring (bicyclic) bond motifs is 1. The molecule has 148 valence electrons. The molecule has 1 saturated heterocycles. The summed E-state index contributed by atoms with van der Waals surface area (Å²) in [5.41, 5.74) is 1.81. The summed E-state index contributed by atoms with van der Waals surface area (Å²) in [6, 6.07) is 7.56. The SMILES string of the molecule is CCOc1cccc2cc(C(C)NC(=O)[C@H]3CNC[C@@H]3c3cnn(C)c3)oc12. The van der Waals surface area contributed by atoms with Gasteiger partial charge in [0.25, 0.3) is 0 Å². The topological polar surface area (TPSA) is 81.3 Å². The number of para-hydroxylation sites is 1. The van der Waals surface area contributed by atoms with Crippen molar-refractivity contribution >= 4 is 16.9 Å². The summed E-state index contributed by atoms with van der Waals surface area (Å²) in [4.78, 5) is 13.0. The van der Waals surface area contributed by atoms with Crippen LogP contribution in [0.3, 0.4) is 0 Å². The molecule has 28 heavy (non-hydrogen) atoms. The van der Waals surface area contributed by atoms with E-state index < -0.39 is 0 Å². The molecule has 0 radical (unpaired) electrons. The minimum Gasteiger partial charge on any atom is -0.490 e. The van der Waals surface area contributed by atoms with Crippen LogP contribution in [0.2, 0.25) is 0 Å². The van der Waals surface area contributed by atoms with Crippen molar-refractivity contribution in [2.75, 3.05) is 19.7 Å². The van der Waals surface area contributed by atoms with Gasteiger partial charge in [-0.3, -0.25) is 9.48 Å². The Morgan fingerprint density at radius 3 is 3.07 bits per heavy atom. The van der Waals surface area contributed by atoms with Gasteiger partial charge >= 0.3 is 0 Å². The Labute approximate surface area is 164 Å². The second kappa shape index (κ2) is 7.67. The Kier molecular flexibility index (Phi) is 5.09. The normalized spacial score (nSPS) is 20.4. The van der Waals surface area contributed by atoms with E-state index in [1.807, 2.05) is 57.6 Å². The van der Waals surface area contributed by atoms with E-state index in [0.29, 0.717) is 13.2 Å². The molecule has 7 nitrogen and oxygen atoms in total. The van der Waals surface area contributed by atoms with Gasteiger partial charge in [-0.1, -0.05) is 12.1 Å². The predicted molar refractivity (Wildman–Crippen MR) is 106 cm³/mol. The van der Waals surface area contributed by atoms with Gasteiger partial charge in [0.2, 0.25) is 5.91 Å². The molecule has 4 rings (SSSR count). The molecule has 1 unspecified atom stereocenters. The van der Waals surface area contributed by atoms with Gasteiger partial charge in [0.1, 0.15) is 5.76 Å². The summed E-state index contributed by atoms with van der Waals surface area (Å²) in [7, 11) is 1.89. The largest absolute Gasteiger partial charge is 0.490 e. The first-order chi connectivity index (χ1) is 13.6.